The summed E-state index contributed by atoms with van der Waals surface area (Å²) < 4.78 is 0. The minimum absolute atomic E-state index is 0.0594. The first kappa shape index (κ1) is 13.0. The van der Waals surface area contributed by atoms with Crippen molar-refractivity contribution in [1.82, 2.24) is 20.0 Å². The molecule has 100 valence electrons. The summed E-state index contributed by atoms with van der Waals surface area (Å²) >= 11 is 0. The molecule has 3 N–H and O–H groups in total. The first-order valence-corrected chi connectivity index (χ1v) is 6.48. The van der Waals surface area contributed by atoms with E-state index in [0.29, 0.717) is 18.2 Å². The molecular formula is C12H21N5O. The standard InChI is InChI=1S/C12H21N5O/c1-2-11(7-13)16-3-5-17(6-4-16)12(18)10-8-14-15-9-10/h8-9,11H,2-7,13H2,1H3,(H,14,15). The summed E-state index contributed by atoms with van der Waals surface area (Å²) in [6, 6.07) is 0.441. The molecule has 6 nitrogen and oxygen atoms in total. The number of carbonyl (C=O) groups is 1. The van der Waals surface area contributed by atoms with Crippen LogP contribution in [-0.2, 0) is 0 Å². The Labute approximate surface area is 107 Å². The van der Waals surface area contributed by atoms with Gasteiger partial charge in [-0.1, -0.05) is 6.92 Å². The second-order valence-corrected chi connectivity index (χ2v) is 4.61. The molecule has 1 saturated heterocycles. The number of amides is 1. The monoisotopic (exact) mass is 251 g/mol. The van der Waals surface area contributed by atoms with Gasteiger partial charge in [0.2, 0.25) is 0 Å². The number of hydrogen-bond acceptors (Lipinski definition) is 4. The van der Waals surface area contributed by atoms with Crippen molar-refractivity contribution in [2.75, 3.05) is 32.7 Å². The van der Waals surface area contributed by atoms with Crippen LogP contribution in [0, 0.1) is 0 Å². The molecule has 1 aliphatic rings. The molecule has 0 radical (unpaired) electrons. The zero-order chi connectivity index (χ0) is 13.0. The molecule has 0 aliphatic carbocycles. The van der Waals surface area contributed by atoms with Crippen LogP contribution in [0.4, 0.5) is 0 Å². The van der Waals surface area contributed by atoms with E-state index in [0.717, 1.165) is 32.6 Å². The highest BCUT2D eigenvalue weighted by molar-refractivity contribution is 5.93. The zero-order valence-electron chi connectivity index (χ0n) is 10.8. The lowest BCUT2D eigenvalue weighted by Crippen LogP contribution is -2.53. The number of rotatable bonds is 4. The van der Waals surface area contributed by atoms with Gasteiger partial charge in [0.25, 0.3) is 5.91 Å². The Morgan fingerprint density at radius 3 is 2.72 bits per heavy atom. The van der Waals surface area contributed by atoms with Crippen molar-refractivity contribution in [1.29, 1.82) is 0 Å². The van der Waals surface area contributed by atoms with E-state index >= 15 is 0 Å². The van der Waals surface area contributed by atoms with Crippen LogP contribution in [-0.4, -0.2) is 64.7 Å². The van der Waals surface area contributed by atoms with Crippen molar-refractivity contribution in [2.45, 2.75) is 19.4 Å². The highest BCUT2D eigenvalue weighted by Gasteiger charge is 2.25. The lowest BCUT2D eigenvalue weighted by atomic mass is 10.1. The predicted octanol–water partition coefficient (Wildman–Crippen LogP) is -0.0952. The maximum atomic E-state index is 12.1. The van der Waals surface area contributed by atoms with E-state index < -0.39 is 0 Å². The van der Waals surface area contributed by atoms with Crippen LogP contribution in [0.2, 0.25) is 0 Å². The summed E-state index contributed by atoms with van der Waals surface area (Å²) in [7, 11) is 0. The summed E-state index contributed by atoms with van der Waals surface area (Å²) in [6.07, 6.45) is 4.28. The van der Waals surface area contributed by atoms with E-state index in [4.69, 9.17) is 5.73 Å². The molecule has 0 bridgehead atoms. The van der Waals surface area contributed by atoms with Gasteiger partial charge in [-0.2, -0.15) is 5.10 Å². The van der Waals surface area contributed by atoms with Gasteiger partial charge in [-0.15, -0.1) is 0 Å². The normalized spacial score (nSPS) is 18.9. The molecule has 0 spiro atoms. The van der Waals surface area contributed by atoms with Crippen molar-refractivity contribution in [2.24, 2.45) is 5.73 Å². The highest BCUT2D eigenvalue weighted by atomic mass is 16.2. The van der Waals surface area contributed by atoms with E-state index in [2.05, 4.69) is 22.0 Å². The molecule has 2 rings (SSSR count). The van der Waals surface area contributed by atoms with Crippen LogP contribution < -0.4 is 5.73 Å². The third kappa shape index (κ3) is 2.70. The molecule has 0 saturated carbocycles. The Balaban J connectivity index is 1.89. The number of hydrogen-bond donors (Lipinski definition) is 2. The SMILES string of the molecule is CCC(CN)N1CCN(C(=O)c2cn[nH]c2)CC1. The fourth-order valence-corrected chi connectivity index (χ4v) is 2.41. The highest BCUT2D eigenvalue weighted by Crippen LogP contribution is 2.11. The number of nitrogens with zero attached hydrogens (tertiary/aromatic N) is 3. The van der Waals surface area contributed by atoms with E-state index in [1.165, 1.54) is 0 Å². The van der Waals surface area contributed by atoms with Gasteiger partial charge < -0.3 is 10.6 Å². The number of aromatic nitrogens is 2. The summed E-state index contributed by atoms with van der Waals surface area (Å²) in [5.41, 5.74) is 6.38. The molecular weight excluding hydrogens is 230 g/mol. The first-order valence-electron chi connectivity index (χ1n) is 6.48. The Morgan fingerprint density at radius 1 is 1.50 bits per heavy atom. The topological polar surface area (TPSA) is 78.2 Å². The smallest absolute Gasteiger partial charge is 0.257 e. The van der Waals surface area contributed by atoms with Gasteiger partial charge in [0, 0.05) is 45.0 Å². The third-order valence-corrected chi connectivity index (χ3v) is 3.61. The Hall–Kier alpha value is -1.40. The lowest BCUT2D eigenvalue weighted by molar-refractivity contribution is 0.0571. The molecule has 0 aromatic carbocycles. The third-order valence-electron chi connectivity index (χ3n) is 3.61. The summed E-state index contributed by atoms with van der Waals surface area (Å²) in [6.45, 7) is 6.17. The molecule has 1 atom stereocenters. The van der Waals surface area contributed by atoms with E-state index in [-0.39, 0.29) is 5.91 Å². The second-order valence-electron chi connectivity index (χ2n) is 4.61. The van der Waals surface area contributed by atoms with Crippen LogP contribution in [0.25, 0.3) is 0 Å². The van der Waals surface area contributed by atoms with Gasteiger partial charge in [0.05, 0.1) is 11.8 Å². The maximum Gasteiger partial charge on any atom is 0.257 e. The number of aromatic amines is 1. The number of H-pyrrole nitrogens is 1. The van der Waals surface area contributed by atoms with Crippen molar-refractivity contribution in [3.05, 3.63) is 18.0 Å². The maximum absolute atomic E-state index is 12.1. The largest absolute Gasteiger partial charge is 0.336 e. The Bertz CT molecular complexity index is 366. The molecule has 1 aromatic heterocycles. The van der Waals surface area contributed by atoms with Crippen LogP contribution >= 0.6 is 0 Å². The fraction of sp³-hybridized carbons (Fsp3) is 0.667. The van der Waals surface area contributed by atoms with Crippen molar-refractivity contribution in [3.63, 3.8) is 0 Å². The summed E-state index contributed by atoms with van der Waals surface area (Å²) in [5.74, 6) is 0.0594. The van der Waals surface area contributed by atoms with Gasteiger partial charge in [-0.05, 0) is 6.42 Å². The molecule has 1 fully saturated rings. The molecule has 18 heavy (non-hydrogen) atoms. The predicted molar refractivity (Wildman–Crippen MR) is 69.2 cm³/mol. The molecule has 2 heterocycles. The van der Waals surface area contributed by atoms with Crippen LogP contribution in [0.15, 0.2) is 12.4 Å². The Kier molecular flexibility index (Phi) is 4.33. The van der Waals surface area contributed by atoms with E-state index in [9.17, 15) is 4.79 Å². The number of carbonyl (C=O) groups excluding carboxylic acids is 1. The van der Waals surface area contributed by atoms with Crippen molar-refractivity contribution >= 4 is 5.91 Å². The van der Waals surface area contributed by atoms with E-state index in [1.807, 2.05) is 4.90 Å². The molecule has 1 unspecified atom stereocenters. The van der Waals surface area contributed by atoms with Crippen molar-refractivity contribution < 1.29 is 4.79 Å². The molecule has 1 aliphatic heterocycles. The minimum Gasteiger partial charge on any atom is -0.336 e. The van der Waals surface area contributed by atoms with Crippen molar-refractivity contribution in [3.8, 4) is 0 Å². The van der Waals surface area contributed by atoms with Crippen LogP contribution in [0.3, 0.4) is 0 Å². The molecule has 6 heteroatoms. The average Bonchev–Trinajstić information content (AvgIpc) is 2.94. The van der Waals surface area contributed by atoms with E-state index in [1.54, 1.807) is 12.4 Å². The molecule has 1 aromatic rings. The average molecular weight is 251 g/mol. The fourth-order valence-electron chi connectivity index (χ4n) is 2.41. The minimum atomic E-state index is 0.0594. The summed E-state index contributed by atoms with van der Waals surface area (Å²) in [4.78, 5) is 16.4. The molecule has 1 amide bonds. The van der Waals surface area contributed by atoms with Gasteiger partial charge in [-0.3, -0.25) is 14.8 Å². The van der Waals surface area contributed by atoms with Gasteiger partial charge in [0.15, 0.2) is 0 Å². The Morgan fingerprint density at radius 2 is 2.22 bits per heavy atom. The van der Waals surface area contributed by atoms with Gasteiger partial charge in [-0.25, -0.2) is 0 Å². The zero-order valence-corrected chi connectivity index (χ0v) is 10.8. The lowest BCUT2D eigenvalue weighted by Gasteiger charge is -2.38. The van der Waals surface area contributed by atoms with Crippen LogP contribution in [0.1, 0.15) is 23.7 Å². The quantitative estimate of drug-likeness (QED) is 0.783. The van der Waals surface area contributed by atoms with Crippen LogP contribution in [0.5, 0.6) is 0 Å². The second kappa shape index (κ2) is 5.97. The van der Waals surface area contributed by atoms with Gasteiger partial charge >= 0.3 is 0 Å². The number of nitrogens with one attached hydrogen (secondary N) is 1. The number of piperazine rings is 1. The summed E-state index contributed by atoms with van der Waals surface area (Å²) in [5, 5.41) is 6.48. The first-order chi connectivity index (χ1) is 8.76. The number of nitrogens with two attached hydrogens (primary N) is 1. The van der Waals surface area contributed by atoms with Gasteiger partial charge in [0.1, 0.15) is 0 Å².